The van der Waals surface area contributed by atoms with E-state index >= 15 is 0 Å². The molecule has 16 heavy (non-hydrogen) atoms. The van der Waals surface area contributed by atoms with Crippen LogP contribution in [0.25, 0.3) is 0 Å². The SMILES string of the molecule is CCOC(CN)CCN(C)Cc1ccoc1. The average molecular weight is 226 g/mol. The Bertz CT molecular complexity index is 262. The first-order chi connectivity index (χ1) is 7.76. The fraction of sp³-hybridized carbons (Fsp3) is 0.667. The van der Waals surface area contributed by atoms with Gasteiger partial charge in [0.25, 0.3) is 0 Å². The molecule has 1 aromatic heterocycles. The van der Waals surface area contributed by atoms with E-state index in [2.05, 4.69) is 11.9 Å². The number of nitrogens with two attached hydrogens (primary N) is 1. The first-order valence-electron chi connectivity index (χ1n) is 5.77. The summed E-state index contributed by atoms with van der Waals surface area (Å²) in [6.07, 6.45) is 4.63. The predicted octanol–water partition coefficient (Wildman–Crippen LogP) is 1.47. The van der Waals surface area contributed by atoms with Crippen LogP contribution in [0.2, 0.25) is 0 Å². The largest absolute Gasteiger partial charge is 0.472 e. The van der Waals surface area contributed by atoms with Gasteiger partial charge < -0.3 is 19.8 Å². The standard InChI is InChI=1S/C12H22N2O2/c1-3-16-12(8-13)4-6-14(2)9-11-5-7-15-10-11/h5,7,10,12H,3-4,6,8-9,13H2,1-2H3. The van der Waals surface area contributed by atoms with Crippen LogP contribution in [-0.2, 0) is 11.3 Å². The van der Waals surface area contributed by atoms with Gasteiger partial charge in [-0.2, -0.15) is 0 Å². The first-order valence-corrected chi connectivity index (χ1v) is 5.77. The fourth-order valence-corrected chi connectivity index (χ4v) is 1.64. The van der Waals surface area contributed by atoms with Gasteiger partial charge in [-0.05, 0) is 26.5 Å². The Balaban J connectivity index is 2.21. The Hall–Kier alpha value is -0.840. The molecule has 0 spiro atoms. The molecule has 2 N–H and O–H groups in total. The summed E-state index contributed by atoms with van der Waals surface area (Å²) in [6.45, 7) is 5.20. The summed E-state index contributed by atoms with van der Waals surface area (Å²) in [5.41, 5.74) is 6.82. The van der Waals surface area contributed by atoms with Crippen LogP contribution in [0.4, 0.5) is 0 Å². The van der Waals surface area contributed by atoms with Gasteiger partial charge in [0.1, 0.15) is 0 Å². The van der Waals surface area contributed by atoms with Crippen molar-refractivity contribution >= 4 is 0 Å². The second-order valence-electron chi connectivity index (χ2n) is 3.97. The highest BCUT2D eigenvalue weighted by molar-refractivity contribution is 5.04. The van der Waals surface area contributed by atoms with Gasteiger partial charge in [0.05, 0.1) is 18.6 Å². The molecule has 0 aromatic carbocycles. The van der Waals surface area contributed by atoms with Crippen molar-refractivity contribution in [1.29, 1.82) is 0 Å². The van der Waals surface area contributed by atoms with E-state index in [1.54, 1.807) is 12.5 Å². The van der Waals surface area contributed by atoms with Gasteiger partial charge in [-0.15, -0.1) is 0 Å². The molecule has 1 atom stereocenters. The molecule has 92 valence electrons. The maximum absolute atomic E-state index is 5.62. The minimum Gasteiger partial charge on any atom is -0.472 e. The summed E-state index contributed by atoms with van der Waals surface area (Å²) < 4.78 is 10.5. The van der Waals surface area contributed by atoms with Gasteiger partial charge in [0.2, 0.25) is 0 Å². The highest BCUT2D eigenvalue weighted by Gasteiger charge is 2.08. The van der Waals surface area contributed by atoms with E-state index < -0.39 is 0 Å². The number of hydrogen-bond donors (Lipinski definition) is 1. The molecule has 0 saturated carbocycles. The number of nitrogens with zero attached hydrogens (tertiary/aromatic N) is 1. The molecule has 0 radical (unpaired) electrons. The van der Waals surface area contributed by atoms with Crippen molar-refractivity contribution in [3.05, 3.63) is 24.2 Å². The summed E-state index contributed by atoms with van der Waals surface area (Å²) in [5.74, 6) is 0. The molecule has 0 saturated heterocycles. The molecular weight excluding hydrogens is 204 g/mol. The highest BCUT2D eigenvalue weighted by atomic mass is 16.5. The van der Waals surface area contributed by atoms with Gasteiger partial charge in [-0.25, -0.2) is 0 Å². The molecule has 0 fully saturated rings. The normalized spacial score (nSPS) is 13.2. The highest BCUT2D eigenvalue weighted by Crippen LogP contribution is 2.05. The molecule has 0 aliphatic heterocycles. The summed E-state index contributed by atoms with van der Waals surface area (Å²) >= 11 is 0. The molecule has 0 aliphatic rings. The zero-order chi connectivity index (χ0) is 11.8. The van der Waals surface area contributed by atoms with E-state index in [0.717, 1.165) is 26.1 Å². The lowest BCUT2D eigenvalue weighted by Crippen LogP contribution is -2.29. The third-order valence-electron chi connectivity index (χ3n) is 2.53. The second-order valence-corrected chi connectivity index (χ2v) is 3.97. The molecule has 4 nitrogen and oxygen atoms in total. The Kier molecular flexibility index (Phi) is 6.15. The van der Waals surface area contributed by atoms with Crippen molar-refractivity contribution < 1.29 is 9.15 Å². The molecule has 1 unspecified atom stereocenters. The maximum atomic E-state index is 5.62. The van der Waals surface area contributed by atoms with Crippen LogP contribution in [-0.4, -0.2) is 37.7 Å². The quantitative estimate of drug-likeness (QED) is 0.729. The zero-order valence-corrected chi connectivity index (χ0v) is 10.2. The van der Waals surface area contributed by atoms with E-state index in [1.165, 1.54) is 5.56 Å². The monoisotopic (exact) mass is 226 g/mol. The van der Waals surface area contributed by atoms with E-state index in [4.69, 9.17) is 14.9 Å². The Morgan fingerprint density at radius 1 is 1.56 bits per heavy atom. The van der Waals surface area contributed by atoms with Gasteiger partial charge >= 0.3 is 0 Å². The van der Waals surface area contributed by atoms with Gasteiger partial charge in [-0.3, -0.25) is 0 Å². The van der Waals surface area contributed by atoms with Gasteiger partial charge in [-0.1, -0.05) is 0 Å². The molecule has 1 aromatic rings. The Morgan fingerprint density at radius 2 is 2.38 bits per heavy atom. The molecule has 1 heterocycles. The van der Waals surface area contributed by atoms with E-state index in [0.29, 0.717) is 6.54 Å². The van der Waals surface area contributed by atoms with Crippen LogP contribution in [0.1, 0.15) is 18.9 Å². The summed E-state index contributed by atoms with van der Waals surface area (Å²) in [4.78, 5) is 2.24. The second kappa shape index (κ2) is 7.44. The number of hydrogen-bond acceptors (Lipinski definition) is 4. The molecule has 4 heteroatoms. The smallest absolute Gasteiger partial charge is 0.0947 e. The first kappa shape index (κ1) is 13.2. The number of ether oxygens (including phenoxy) is 1. The van der Waals surface area contributed by atoms with Crippen molar-refractivity contribution in [3.63, 3.8) is 0 Å². The molecule has 1 rings (SSSR count). The van der Waals surface area contributed by atoms with E-state index in [9.17, 15) is 0 Å². The number of rotatable bonds is 8. The van der Waals surface area contributed by atoms with Crippen LogP contribution in [0, 0.1) is 0 Å². The van der Waals surface area contributed by atoms with Gasteiger partial charge in [0.15, 0.2) is 0 Å². The van der Waals surface area contributed by atoms with E-state index in [1.807, 2.05) is 13.0 Å². The molecule has 0 amide bonds. The summed E-state index contributed by atoms with van der Waals surface area (Å²) in [6, 6.07) is 1.99. The van der Waals surface area contributed by atoms with Crippen LogP contribution in [0.15, 0.2) is 23.0 Å². The Morgan fingerprint density at radius 3 is 2.94 bits per heavy atom. The van der Waals surface area contributed by atoms with Gasteiger partial charge in [0, 0.05) is 31.8 Å². The van der Waals surface area contributed by atoms with Crippen molar-refractivity contribution in [2.24, 2.45) is 5.73 Å². The van der Waals surface area contributed by atoms with Crippen LogP contribution < -0.4 is 5.73 Å². The zero-order valence-electron chi connectivity index (χ0n) is 10.2. The fourth-order valence-electron chi connectivity index (χ4n) is 1.64. The summed E-state index contributed by atoms with van der Waals surface area (Å²) in [5, 5.41) is 0. The van der Waals surface area contributed by atoms with Crippen LogP contribution in [0.3, 0.4) is 0 Å². The van der Waals surface area contributed by atoms with Crippen LogP contribution >= 0.6 is 0 Å². The van der Waals surface area contributed by atoms with Crippen molar-refractivity contribution in [3.8, 4) is 0 Å². The van der Waals surface area contributed by atoms with Crippen molar-refractivity contribution in [1.82, 2.24) is 4.90 Å². The predicted molar refractivity (Wildman–Crippen MR) is 64.1 cm³/mol. The summed E-state index contributed by atoms with van der Waals surface area (Å²) in [7, 11) is 2.09. The molecular formula is C12H22N2O2. The Labute approximate surface area is 97.4 Å². The third-order valence-corrected chi connectivity index (χ3v) is 2.53. The topological polar surface area (TPSA) is 51.6 Å². The van der Waals surface area contributed by atoms with Crippen LogP contribution in [0.5, 0.6) is 0 Å². The number of furan rings is 1. The minimum absolute atomic E-state index is 0.178. The lowest BCUT2D eigenvalue weighted by molar-refractivity contribution is 0.0558. The lowest BCUT2D eigenvalue weighted by Gasteiger charge is -2.20. The molecule has 0 aliphatic carbocycles. The third kappa shape index (κ3) is 4.79. The van der Waals surface area contributed by atoms with E-state index in [-0.39, 0.29) is 6.10 Å². The van der Waals surface area contributed by atoms with Crippen molar-refractivity contribution in [2.75, 3.05) is 26.7 Å². The lowest BCUT2D eigenvalue weighted by atomic mass is 10.2. The minimum atomic E-state index is 0.178. The average Bonchev–Trinajstić information content (AvgIpc) is 2.76. The van der Waals surface area contributed by atoms with Crippen molar-refractivity contribution in [2.45, 2.75) is 26.0 Å². The maximum Gasteiger partial charge on any atom is 0.0947 e. The molecule has 0 bridgehead atoms.